The molecule has 1 amide bonds. The Morgan fingerprint density at radius 3 is 2.50 bits per heavy atom. The molecule has 1 aliphatic carbocycles. The van der Waals surface area contributed by atoms with E-state index in [9.17, 15) is 4.79 Å². The summed E-state index contributed by atoms with van der Waals surface area (Å²) >= 11 is 12.9. The highest BCUT2D eigenvalue weighted by Gasteiger charge is 2.28. The number of anilines is 1. The van der Waals surface area contributed by atoms with Gasteiger partial charge in [0.05, 0.1) is 6.54 Å². The molecule has 1 fully saturated rings. The van der Waals surface area contributed by atoms with Gasteiger partial charge in [-0.2, -0.15) is 0 Å². The summed E-state index contributed by atoms with van der Waals surface area (Å²) in [5.74, 6) is 0.794. The van der Waals surface area contributed by atoms with Crippen molar-refractivity contribution in [3.05, 3.63) is 81.4 Å². The van der Waals surface area contributed by atoms with Crippen LogP contribution in [-0.2, 0) is 13.0 Å². The summed E-state index contributed by atoms with van der Waals surface area (Å²) in [6.45, 7) is 6.22. The molecular weight excluding hydrogens is 517 g/mol. The summed E-state index contributed by atoms with van der Waals surface area (Å²) in [5, 5.41) is 4.41. The van der Waals surface area contributed by atoms with Gasteiger partial charge in [0.2, 0.25) is 0 Å². The number of nitrogens with one attached hydrogen (secondary N) is 1. The lowest BCUT2D eigenvalue weighted by molar-refractivity contribution is 0.0953. The molecule has 8 heteroatoms. The van der Waals surface area contributed by atoms with Crippen LogP contribution in [0.1, 0.15) is 59.9 Å². The number of amides is 1. The third kappa shape index (κ3) is 6.71. The lowest BCUT2D eigenvalue weighted by Gasteiger charge is -2.40. The highest BCUT2D eigenvalue weighted by atomic mass is 35.5. The van der Waals surface area contributed by atoms with Crippen molar-refractivity contribution < 1.29 is 4.79 Å². The predicted molar refractivity (Wildman–Crippen MR) is 158 cm³/mol. The van der Waals surface area contributed by atoms with Gasteiger partial charge in [0.25, 0.3) is 5.91 Å². The molecule has 4 rings (SSSR count). The van der Waals surface area contributed by atoms with Crippen molar-refractivity contribution in [1.82, 2.24) is 19.8 Å². The standard InChI is InChI=1S/C30H39Cl2N5O/c1-5-37(25-12-10-24(11-13-25)35(3)4)28-19-23(31)18-26(21(28)2)30(38)34-15-14-29-33-16-17-36(29)20-22-8-6-7-9-27(22)32/h6-9,16-19,24-25H,5,10-15,20H2,1-4H3,(H,34,38). The molecule has 2 aromatic carbocycles. The fourth-order valence-electron chi connectivity index (χ4n) is 5.62. The Morgan fingerprint density at radius 2 is 1.82 bits per heavy atom. The van der Waals surface area contributed by atoms with Crippen molar-refractivity contribution >= 4 is 34.8 Å². The molecule has 0 spiro atoms. The van der Waals surface area contributed by atoms with Gasteiger partial charge in [-0.25, -0.2) is 4.98 Å². The number of rotatable bonds is 10. The monoisotopic (exact) mass is 555 g/mol. The van der Waals surface area contributed by atoms with E-state index in [1.165, 1.54) is 12.8 Å². The van der Waals surface area contributed by atoms with E-state index in [2.05, 4.69) is 45.7 Å². The molecule has 0 radical (unpaired) electrons. The van der Waals surface area contributed by atoms with E-state index in [1.807, 2.05) is 43.5 Å². The van der Waals surface area contributed by atoms with Crippen molar-refractivity contribution in [1.29, 1.82) is 0 Å². The second-order valence-electron chi connectivity index (χ2n) is 10.4. The molecular formula is C30H39Cl2N5O. The maximum absolute atomic E-state index is 13.3. The Balaban J connectivity index is 1.42. The van der Waals surface area contributed by atoms with E-state index >= 15 is 0 Å². The number of nitrogens with zero attached hydrogens (tertiary/aromatic N) is 4. The van der Waals surface area contributed by atoms with Crippen LogP contribution < -0.4 is 10.2 Å². The fraction of sp³-hybridized carbons (Fsp3) is 0.467. The Hall–Kier alpha value is -2.54. The first kappa shape index (κ1) is 28.5. The van der Waals surface area contributed by atoms with Gasteiger partial charge in [0.1, 0.15) is 5.82 Å². The summed E-state index contributed by atoms with van der Waals surface area (Å²) in [7, 11) is 4.33. The highest BCUT2D eigenvalue weighted by Crippen LogP contribution is 2.34. The molecule has 0 saturated heterocycles. The van der Waals surface area contributed by atoms with E-state index in [1.54, 1.807) is 12.3 Å². The van der Waals surface area contributed by atoms with Crippen LogP contribution in [0.3, 0.4) is 0 Å². The topological polar surface area (TPSA) is 53.4 Å². The Morgan fingerprint density at radius 1 is 1.11 bits per heavy atom. The van der Waals surface area contributed by atoms with Crippen LogP contribution in [0, 0.1) is 6.92 Å². The number of halogens is 2. The molecule has 0 unspecified atom stereocenters. The Labute approximate surface area is 236 Å². The number of imidazole rings is 1. The summed E-state index contributed by atoms with van der Waals surface area (Å²) in [6, 6.07) is 12.7. The zero-order chi connectivity index (χ0) is 27.2. The Kier molecular flexibility index (Phi) is 9.74. The van der Waals surface area contributed by atoms with E-state index in [0.717, 1.165) is 47.0 Å². The normalized spacial score (nSPS) is 17.6. The van der Waals surface area contributed by atoms with Crippen molar-refractivity contribution in [2.45, 2.75) is 64.6 Å². The van der Waals surface area contributed by atoms with Gasteiger partial charge in [-0.3, -0.25) is 4.79 Å². The lowest BCUT2D eigenvalue weighted by atomic mass is 9.89. The second kappa shape index (κ2) is 13.0. The van der Waals surface area contributed by atoms with Crippen molar-refractivity contribution in [3.8, 4) is 0 Å². The zero-order valence-corrected chi connectivity index (χ0v) is 24.4. The molecule has 1 aromatic heterocycles. The van der Waals surface area contributed by atoms with Gasteiger partial charge in [0.15, 0.2) is 0 Å². The second-order valence-corrected chi connectivity index (χ2v) is 11.2. The SMILES string of the molecule is CCN(c1cc(Cl)cc(C(=O)NCCc2nccn2Cc2ccccc2Cl)c1C)C1CCC(N(C)C)CC1. The number of carbonyl (C=O) groups excluding carboxylic acids is 1. The minimum absolute atomic E-state index is 0.108. The fourth-order valence-corrected chi connectivity index (χ4v) is 6.02. The molecule has 0 aliphatic heterocycles. The number of hydrogen-bond donors (Lipinski definition) is 1. The number of carbonyl (C=O) groups is 1. The van der Waals surface area contributed by atoms with Crippen LogP contribution in [0.25, 0.3) is 0 Å². The largest absolute Gasteiger partial charge is 0.369 e. The molecule has 0 bridgehead atoms. The number of benzene rings is 2. The van der Waals surface area contributed by atoms with Gasteiger partial charge < -0.3 is 19.7 Å². The van der Waals surface area contributed by atoms with Crippen molar-refractivity contribution in [2.24, 2.45) is 0 Å². The molecule has 38 heavy (non-hydrogen) atoms. The van der Waals surface area contributed by atoms with Crippen LogP contribution in [0.4, 0.5) is 5.69 Å². The van der Waals surface area contributed by atoms with E-state index in [-0.39, 0.29) is 5.91 Å². The van der Waals surface area contributed by atoms with Crippen molar-refractivity contribution in [2.75, 3.05) is 32.1 Å². The summed E-state index contributed by atoms with van der Waals surface area (Å²) < 4.78 is 2.07. The Bertz CT molecular complexity index is 1230. The van der Waals surface area contributed by atoms with Gasteiger partial charge >= 0.3 is 0 Å². The molecule has 0 atom stereocenters. The van der Waals surface area contributed by atoms with Crippen LogP contribution in [-0.4, -0.2) is 59.6 Å². The minimum Gasteiger partial charge on any atom is -0.369 e. The highest BCUT2D eigenvalue weighted by molar-refractivity contribution is 6.31. The molecule has 1 aliphatic rings. The first-order chi connectivity index (χ1) is 18.3. The van der Waals surface area contributed by atoms with E-state index in [0.29, 0.717) is 42.2 Å². The van der Waals surface area contributed by atoms with Gasteiger partial charge in [0, 0.05) is 65.3 Å². The average Bonchev–Trinajstić information content (AvgIpc) is 3.34. The average molecular weight is 557 g/mol. The molecule has 1 saturated carbocycles. The minimum atomic E-state index is -0.108. The van der Waals surface area contributed by atoms with E-state index in [4.69, 9.17) is 23.2 Å². The third-order valence-electron chi connectivity index (χ3n) is 7.81. The van der Waals surface area contributed by atoms with Crippen LogP contribution in [0.15, 0.2) is 48.8 Å². The molecule has 3 aromatic rings. The first-order valence-corrected chi connectivity index (χ1v) is 14.3. The van der Waals surface area contributed by atoms with Gasteiger partial charge in [-0.05, 0) is 83.0 Å². The van der Waals surface area contributed by atoms with E-state index < -0.39 is 0 Å². The smallest absolute Gasteiger partial charge is 0.251 e. The molecule has 204 valence electrons. The van der Waals surface area contributed by atoms with Gasteiger partial charge in [-0.15, -0.1) is 0 Å². The maximum atomic E-state index is 13.3. The lowest BCUT2D eigenvalue weighted by Crippen LogP contribution is -2.42. The quantitative estimate of drug-likeness (QED) is 0.322. The van der Waals surface area contributed by atoms with Crippen LogP contribution in [0.5, 0.6) is 0 Å². The maximum Gasteiger partial charge on any atom is 0.251 e. The van der Waals surface area contributed by atoms with Gasteiger partial charge in [-0.1, -0.05) is 41.4 Å². The molecule has 1 N–H and O–H groups in total. The first-order valence-electron chi connectivity index (χ1n) is 13.5. The summed E-state index contributed by atoms with van der Waals surface area (Å²) in [4.78, 5) is 22.6. The van der Waals surface area contributed by atoms with Crippen LogP contribution >= 0.6 is 23.2 Å². The summed E-state index contributed by atoms with van der Waals surface area (Å²) in [6.07, 6.45) is 9.01. The van der Waals surface area contributed by atoms with Crippen molar-refractivity contribution in [3.63, 3.8) is 0 Å². The number of aromatic nitrogens is 2. The molecule has 6 nitrogen and oxygen atoms in total. The third-order valence-corrected chi connectivity index (χ3v) is 8.40. The zero-order valence-electron chi connectivity index (χ0n) is 22.9. The summed E-state index contributed by atoms with van der Waals surface area (Å²) in [5.41, 5.74) is 3.71. The van der Waals surface area contributed by atoms with Crippen LogP contribution in [0.2, 0.25) is 10.0 Å². The predicted octanol–water partition coefficient (Wildman–Crippen LogP) is 6.22. The molecule has 1 heterocycles. The number of hydrogen-bond acceptors (Lipinski definition) is 4.